The molecule has 1 atom stereocenters. The summed E-state index contributed by atoms with van der Waals surface area (Å²) in [5.74, 6) is -4.87. The van der Waals surface area contributed by atoms with E-state index in [1.165, 1.54) is 159 Å². The highest BCUT2D eigenvalue weighted by molar-refractivity contribution is 9.10. The zero-order chi connectivity index (χ0) is 106. The molecule has 1 aliphatic rings. The van der Waals surface area contributed by atoms with Crippen molar-refractivity contribution in [1.82, 2.24) is 76.7 Å². The second-order valence-corrected chi connectivity index (χ2v) is 31.6. The number of amides is 8. The number of benzene rings is 5. The average Bonchev–Trinajstić information content (AvgIpc) is 1.74. The van der Waals surface area contributed by atoms with Crippen LogP contribution in [0.4, 0.5) is 5.69 Å². The quantitative estimate of drug-likeness (QED) is 0.00776. The van der Waals surface area contributed by atoms with E-state index < -0.39 is 41.8 Å². The van der Waals surface area contributed by atoms with Crippen LogP contribution in [0.15, 0.2) is 294 Å². The molecule has 8 amide bonds. The molecule has 11 aromatic rings. The molecule has 40 nitrogen and oxygen atoms in total. The minimum Gasteiger partial charge on any atom is -0.466 e. The predicted molar refractivity (Wildman–Crippen MR) is 543 cm³/mol. The first-order chi connectivity index (χ1) is 69.9. The Bertz CT molecular complexity index is 6430. The molecule has 6 heterocycles. The molecule has 0 aliphatic heterocycles. The standard InChI is InChI=1S/C18H18N2O5.C18H18N2O3.C16H17N3O3.C15H16BrNO4.C15H17N3O3.C11H11ClN2O3.C9H10BrN3O3/c1-20(18(23)15-9-6-12-25-15)14-8-4-3-7-13(14)17(22)19-11-5-10-16(21)24-2;1-23-17(21)7-4-10-19-18(22)14-11-16(12-8-9-12)20-15-6-3-2-5-13(14)15;1-22-15(20)8-5-9-17-16(21)14-10-18-19(12-14)11-13-6-3-2-4-7-13;1-21-15(20)7-4-10-17-14(19)9-8-13(18)11-5-2-3-6-12(11)16;1-11(15(20)16-9-5-8-14(19)21-2)18-10-17-12-6-3-4-7-13(12)18;1-17-10(15)3-2-6-13-11(16)9-5-4-8(12)7-14-9;1-16-7(14)3-2-4-11-9(15)8-6(10)5-12-13-8/h3-10,12H,11H2,1-2H3,(H,19,22);2-7,11-12H,8-10H2,1H3,(H,19,22);2-8,10,12H,9,11H2,1H3,(H,17,21);2-7H,8-10H2,1H3,(H,17,19);3-8,10-11H,9H2,1-2H3,(H,16,20);2-5,7H,6H2,1H3,(H,13,16);2-3,5H,4H2,1H3,(H,11,15)(H,12,13)/b10-5+;7-4+;8-5+;7-4+;8-5+;2*3-2+. The number of hydrogen-bond acceptors (Lipinski definition) is 29. The third-order valence-electron chi connectivity index (χ3n) is 19.3. The van der Waals surface area contributed by atoms with Crippen molar-refractivity contribution < 1.29 is 114 Å². The summed E-state index contributed by atoms with van der Waals surface area (Å²) >= 11 is 12.1. The van der Waals surface area contributed by atoms with E-state index in [-0.39, 0.29) is 129 Å². The fraction of sp³-hybridized carbons (Fsp3) is 0.225. The number of methoxy groups -OCH3 is 7. The van der Waals surface area contributed by atoms with Crippen molar-refractivity contribution in [3.8, 4) is 0 Å². The second-order valence-electron chi connectivity index (χ2n) is 29.4. The number of nitrogens with zero attached hydrogens (tertiary/aromatic N) is 8. The van der Waals surface area contributed by atoms with Crippen molar-refractivity contribution in [1.29, 1.82) is 0 Å². The average molecular weight is 2140 g/mol. The van der Waals surface area contributed by atoms with Crippen LogP contribution in [0.5, 0.6) is 0 Å². The van der Waals surface area contributed by atoms with Gasteiger partial charge in [0.15, 0.2) is 11.5 Å². The van der Waals surface area contributed by atoms with Crippen molar-refractivity contribution in [2.45, 2.75) is 51.1 Å². The molecule has 6 aromatic heterocycles. The monoisotopic (exact) mass is 2130 g/mol. The number of carbonyl (C=O) groups is 16. The van der Waals surface area contributed by atoms with Crippen LogP contribution >= 0.6 is 43.5 Å². The number of imidazole rings is 1. The number of para-hydroxylation sites is 4. The second kappa shape index (κ2) is 65.1. The summed E-state index contributed by atoms with van der Waals surface area (Å²) in [6.07, 6.45) is 31.0. The SMILES string of the molecule is COC(=O)/C=C/CNC(=O)C(C)n1cnc2ccccc21.COC(=O)/C=C/CNC(=O)CCC(=O)c1ccccc1Br.COC(=O)/C=C/CNC(=O)c1[nH]ncc1Br.COC(=O)/C=C/CNC(=O)c1cc(C2CC2)nc2ccccc12.COC(=O)/C=C/CNC(=O)c1ccc(Cl)cn1.COC(=O)/C=C/CNC(=O)c1ccccc1N(C)C(=O)c1ccco1.COC(=O)/C=C/CNC(=O)c1cnn(Cc2ccccc2)c1. The summed E-state index contributed by atoms with van der Waals surface area (Å²) in [7, 11) is 10.6. The van der Waals surface area contributed by atoms with Crippen molar-refractivity contribution in [2.75, 3.05) is 108 Å². The summed E-state index contributed by atoms with van der Waals surface area (Å²) in [4.78, 5) is 198. The Morgan fingerprint density at radius 2 is 0.959 bits per heavy atom. The van der Waals surface area contributed by atoms with Crippen molar-refractivity contribution in [2.24, 2.45) is 0 Å². The van der Waals surface area contributed by atoms with Crippen LogP contribution < -0.4 is 42.1 Å². The summed E-state index contributed by atoms with van der Waals surface area (Å²) in [5, 5.41) is 30.3. The van der Waals surface area contributed by atoms with Gasteiger partial charge < -0.3 is 84.3 Å². The smallest absolute Gasteiger partial charge is 0.330 e. The van der Waals surface area contributed by atoms with E-state index in [2.05, 4.69) is 132 Å². The fourth-order valence-corrected chi connectivity index (χ4v) is 12.7. The molecule has 8 N–H and O–H groups in total. The van der Waals surface area contributed by atoms with Crippen LogP contribution in [0, 0.1) is 0 Å². The predicted octanol–water partition coefficient (Wildman–Crippen LogP) is 11.5. The molecule has 0 radical (unpaired) electrons. The zero-order valence-electron chi connectivity index (χ0n) is 80.2. The van der Waals surface area contributed by atoms with E-state index in [1.807, 2.05) is 95.6 Å². The van der Waals surface area contributed by atoms with Crippen LogP contribution in [0.25, 0.3) is 21.9 Å². The van der Waals surface area contributed by atoms with Gasteiger partial charge in [-0.25, -0.2) is 43.5 Å². The number of nitrogens with one attached hydrogen (secondary N) is 8. The minimum atomic E-state index is -0.501. The molecule has 1 fully saturated rings. The zero-order valence-corrected chi connectivity index (χ0v) is 84.1. The summed E-state index contributed by atoms with van der Waals surface area (Å²) in [6, 6.07) is 46.7. The Hall–Kier alpha value is -17.0. The highest BCUT2D eigenvalue weighted by Crippen LogP contribution is 2.40. The van der Waals surface area contributed by atoms with Gasteiger partial charge in [0, 0.05) is 148 Å². The number of aromatic nitrogens is 8. The Morgan fingerprint density at radius 1 is 0.483 bits per heavy atom. The number of esters is 7. The largest absolute Gasteiger partial charge is 0.466 e. The highest BCUT2D eigenvalue weighted by atomic mass is 79.9. The van der Waals surface area contributed by atoms with Crippen LogP contribution in [-0.4, -0.2) is 237 Å². The van der Waals surface area contributed by atoms with Crippen molar-refractivity contribution >= 4 is 166 Å². The molecular formula is C102H107Br2ClN16O24. The molecule has 1 unspecified atom stereocenters. The van der Waals surface area contributed by atoms with Crippen LogP contribution in [0.2, 0.25) is 5.02 Å². The molecule has 5 aromatic carbocycles. The Balaban J connectivity index is 0.000000260. The third-order valence-corrected chi connectivity index (χ3v) is 20.8. The molecule has 145 heavy (non-hydrogen) atoms. The molecule has 760 valence electrons. The van der Waals surface area contributed by atoms with E-state index >= 15 is 0 Å². The number of ketones is 1. The van der Waals surface area contributed by atoms with Gasteiger partial charge in [-0.15, -0.1) is 0 Å². The van der Waals surface area contributed by atoms with Gasteiger partial charge in [-0.1, -0.05) is 161 Å². The maximum Gasteiger partial charge on any atom is 0.330 e. The van der Waals surface area contributed by atoms with Crippen LogP contribution in [0.3, 0.4) is 0 Å². The van der Waals surface area contributed by atoms with Gasteiger partial charge in [-0.2, -0.15) is 10.2 Å². The summed E-state index contributed by atoms with van der Waals surface area (Å²) in [6.45, 7) is 4.02. The fourth-order valence-electron chi connectivity index (χ4n) is 11.7. The molecule has 12 rings (SSSR count). The number of fused-ring (bicyclic) bond motifs is 2. The number of rotatable bonds is 37. The number of Topliss-reactive ketones (excluding diaryl/α,β-unsaturated/α-hetero) is 1. The summed E-state index contributed by atoms with van der Waals surface area (Å²) in [5.41, 5.74) is 7.74. The first kappa shape index (κ1) is 117. The number of anilines is 1. The number of H-pyrrole nitrogens is 1. The molecule has 1 aliphatic carbocycles. The third kappa shape index (κ3) is 42.9. The maximum atomic E-state index is 12.5. The molecule has 1 saturated carbocycles. The summed E-state index contributed by atoms with van der Waals surface area (Å²) < 4.78 is 41.0. The number of carbonyl (C=O) groups excluding carboxylic acids is 16. The topological polar surface area (TPSA) is 528 Å². The van der Waals surface area contributed by atoms with E-state index in [9.17, 15) is 76.7 Å². The van der Waals surface area contributed by atoms with Gasteiger partial charge in [-0.05, 0) is 108 Å². The number of aromatic amines is 1. The number of ether oxygens (including phenoxy) is 7. The van der Waals surface area contributed by atoms with Gasteiger partial charge >= 0.3 is 41.8 Å². The molecule has 0 saturated heterocycles. The molecule has 43 heteroatoms. The highest BCUT2D eigenvalue weighted by Gasteiger charge is 2.28. The lowest BCUT2D eigenvalue weighted by Crippen LogP contribution is -2.30. The van der Waals surface area contributed by atoms with Gasteiger partial charge in [0.1, 0.15) is 17.4 Å². The van der Waals surface area contributed by atoms with Gasteiger partial charge in [0.2, 0.25) is 11.8 Å². The van der Waals surface area contributed by atoms with Gasteiger partial charge in [0.25, 0.3) is 35.4 Å². The molecule has 0 spiro atoms. The first-order valence-electron chi connectivity index (χ1n) is 43.9. The minimum absolute atomic E-state index is 0.0947. The maximum absolute atomic E-state index is 12.5. The number of pyridine rings is 2. The van der Waals surface area contributed by atoms with Gasteiger partial charge in [0.05, 0.1) is 130 Å². The Labute approximate surface area is 855 Å². The van der Waals surface area contributed by atoms with Crippen LogP contribution in [-0.2, 0) is 82.9 Å². The Morgan fingerprint density at radius 3 is 1.47 bits per heavy atom. The van der Waals surface area contributed by atoms with E-state index in [0.717, 1.165) is 50.5 Å². The lowest BCUT2D eigenvalue weighted by atomic mass is 10.1. The number of furan rings is 1. The lowest BCUT2D eigenvalue weighted by Gasteiger charge is -2.19. The molecule has 0 bridgehead atoms. The number of halogens is 3. The van der Waals surface area contributed by atoms with Crippen molar-refractivity contribution in [3.63, 3.8) is 0 Å². The number of hydrogen-bond donors (Lipinski definition) is 8. The normalized spacial score (nSPS) is 11.3. The Kier molecular flexibility index (Phi) is 52.4. The van der Waals surface area contributed by atoms with E-state index in [0.29, 0.717) is 55.6 Å². The molecular weight excluding hydrogens is 2030 g/mol. The van der Waals surface area contributed by atoms with Gasteiger partial charge in [-0.3, -0.25) is 57.9 Å². The lowest BCUT2D eigenvalue weighted by molar-refractivity contribution is -0.135. The first-order valence-corrected chi connectivity index (χ1v) is 45.9. The van der Waals surface area contributed by atoms with Crippen LogP contribution in [0.1, 0.15) is 129 Å². The van der Waals surface area contributed by atoms with E-state index in [4.69, 9.17) is 16.0 Å². The van der Waals surface area contributed by atoms with Crippen molar-refractivity contribution in [3.05, 3.63) is 345 Å². The van der Waals surface area contributed by atoms with E-state index in [1.54, 1.807) is 104 Å².